The average Bonchev–Trinajstić information content (AvgIpc) is 2.79. The van der Waals surface area contributed by atoms with Crippen molar-refractivity contribution >= 4 is 38.9 Å². The van der Waals surface area contributed by atoms with Crippen molar-refractivity contribution in [2.75, 3.05) is 28.6 Å². The minimum atomic E-state index is -4.15. The molecule has 3 aromatic carbocycles. The number of anilines is 3. The molecule has 172 valence electrons. The van der Waals surface area contributed by atoms with Gasteiger partial charge in [-0.15, -0.1) is 0 Å². The molecule has 8 nitrogen and oxygen atoms in total. The number of benzene rings is 3. The van der Waals surface area contributed by atoms with Crippen LogP contribution in [0.1, 0.15) is 6.92 Å². The zero-order chi connectivity index (χ0) is 24.0. The van der Waals surface area contributed by atoms with Gasteiger partial charge in [-0.2, -0.15) is 0 Å². The van der Waals surface area contributed by atoms with Crippen molar-refractivity contribution in [3.05, 3.63) is 78.6 Å². The molecule has 0 aliphatic rings. The van der Waals surface area contributed by atoms with Crippen molar-refractivity contribution in [3.8, 4) is 5.75 Å². The molecular weight excluding hydrogens is 449 g/mol. The lowest BCUT2D eigenvalue weighted by Crippen LogP contribution is -2.38. The molecule has 3 aromatic rings. The first-order valence-corrected chi connectivity index (χ1v) is 11.2. The van der Waals surface area contributed by atoms with Gasteiger partial charge in [-0.05, 0) is 72.8 Å². The maximum atomic E-state index is 13.4. The Labute approximate surface area is 191 Å². The van der Waals surface area contributed by atoms with Gasteiger partial charge in [0.25, 0.3) is 10.0 Å². The van der Waals surface area contributed by atoms with Crippen LogP contribution in [0.3, 0.4) is 0 Å². The number of carbonyl (C=O) groups is 2. The highest BCUT2D eigenvalue weighted by atomic mass is 32.2. The molecule has 0 unspecified atom stereocenters. The Morgan fingerprint density at radius 2 is 1.42 bits per heavy atom. The van der Waals surface area contributed by atoms with Gasteiger partial charge in [0.15, 0.2) is 0 Å². The Bertz CT molecular complexity index is 1230. The Morgan fingerprint density at radius 1 is 0.879 bits per heavy atom. The first-order valence-electron chi connectivity index (χ1n) is 9.79. The number of methoxy groups -OCH3 is 1. The van der Waals surface area contributed by atoms with E-state index in [1.165, 1.54) is 50.4 Å². The number of amides is 2. The summed E-state index contributed by atoms with van der Waals surface area (Å²) in [6, 6.07) is 16.9. The highest BCUT2D eigenvalue weighted by Crippen LogP contribution is 2.25. The van der Waals surface area contributed by atoms with Crippen molar-refractivity contribution < 1.29 is 27.1 Å². The van der Waals surface area contributed by atoms with E-state index < -0.39 is 28.3 Å². The summed E-state index contributed by atoms with van der Waals surface area (Å²) in [6.07, 6.45) is 0. The fraction of sp³-hybridized carbons (Fsp3) is 0.130. The first kappa shape index (κ1) is 23.7. The maximum Gasteiger partial charge on any atom is 0.264 e. The predicted octanol–water partition coefficient (Wildman–Crippen LogP) is 3.63. The van der Waals surface area contributed by atoms with Crippen molar-refractivity contribution in [3.63, 3.8) is 0 Å². The van der Waals surface area contributed by atoms with E-state index in [1.54, 1.807) is 24.3 Å². The quantitative estimate of drug-likeness (QED) is 0.522. The molecule has 3 rings (SSSR count). The van der Waals surface area contributed by atoms with Crippen LogP contribution in [0.25, 0.3) is 0 Å². The van der Waals surface area contributed by atoms with Gasteiger partial charge < -0.3 is 15.4 Å². The minimum absolute atomic E-state index is 0.0555. The second kappa shape index (κ2) is 10.1. The first-order chi connectivity index (χ1) is 15.7. The molecule has 33 heavy (non-hydrogen) atoms. The molecule has 10 heteroatoms. The average molecular weight is 472 g/mol. The van der Waals surface area contributed by atoms with Crippen LogP contribution in [-0.4, -0.2) is 33.9 Å². The van der Waals surface area contributed by atoms with Crippen molar-refractivity contribution in [1.29, 1.82) is 0 Å². The molecule has 2 N–H and O–H groups in total. The van der Waals surface area contributed by atoms with Crippen molar-refractivity contribution in [2.24, 2.45) is 0 Å². The molecule has 0 fully saturated rings. The van der Waals surface area contributed by atoms with Gasteiger partial charge in [0.2, 0.25) is 11.8 Å². The molecular formula is C23H22FN3O5S. The van der Waals surface area contributed by atoms with Crippen molar-refractivity contribution in [2.45, 2.75) is 11.8 Å². The second-order valence-corrected chi connectivity index (χ2v) is 8.83. The number of nitrogens with zero attached hydrogens (tertiary/aromatic N) is 1. The Hall–Kier alpha value is -3.92. The topological polar surface area (TPSA) is 105 Å². The second-order valence-electron chi connectivity index (χ2n) is 6.97. The molecule has 0 saturated carbocycles. The van der Waals surface area contributed by atoms with E-state index in [9.17, 15) is 22.4 Å². The summed E-state index contributed by atoms with van der Waals surface area (Å²) in [4.78, 5) is 23.8. The molecule has 0 aliphatic heterocycles. The fourth-order valence-electron chi connectivity index (χ4n) is 2.97. The van der Waals surface area contributed by atoms with E-state index in [0.717, 1.165) is 16.4 Å². The fourth-order valence-corrected chi connectivity index (χ4v) is 4.39. The third-order valence-corrected chi connectivity index (χ3v) is 6.33. The largest absolute Gasteiger partial charge is 0.497 e. The molecule has 2 amide bonds. The predicted molar refractivity (Wildman–Crippen MR) is 123 cm³/mol. The Kier molecular flexibility index (Phi) is 7.29. The van der Waals surface area contributed by atoms with Gasteiger partial charge in [0.05, 0.1) is 17.7 Å². The minimum Gasteiger partial charge on any atom is -0.497 e. The molecule has 0 aliphatic carbocycles. The summed E-state index contributed by atoms with van der Waals surface area (Å²) in [5.41, 5.74) is 1.09. The monoisotopic (exact) mass is 471 g/mol. The van der Waals surface area contributed by atoms with Crippen LogP contribution in [0.15, 0.2) is 77.7 Å². The summed E-state index contributed by atoms with van der Waals surface area (Å²) in [5.74, 6) is -0.902. The number of halogens is 1. The number of ether oxygens (including phenoxy) is 1. The lowest BCUT2D eigenvalue weighted by molar-refractivity contribution is -0.115. The number of hydrogen-bond acceptors (Lipinski definition) is 5. The van der Waals surface area contributed by atoms with Crippen LogP contribution in [-0.2, 0) is 19.6 Å². The molecule has 0 aromatic heterocycles. The molecule has 0 spiro atoms. The zero-order valence-corrected chi connectivity index (χ0v) is 18.7. The molecule has 0 saturated heterocycles. The van der Waals surface area contributed by atoms with Gasteiger partial charge in [-0.3, -0.25) is 13.9 Å². The van der Waals surface area contributed by atoms with Gasteiger partial charge in [-0.1, -0.05) is 0 Å². The van der Waals surface area contributed by atoms with E-state index in [0.29, 0.717) is 17.1 Å². The zero-order valence-electron chi connectivity index (χ0n) is 17.9. The van der Waals surface area contributed by atoms with E-state index in [2.05, 4.69) is 10.6 Å². The standard InChI is InChI=1S/C23H22FN3O5S/c1-16(28)25-18-5-7-19(8-6-18)26-23(29)15-27(20-9-3-17(24)4-10-20)33(30,31)22-13-11-21(32-2)12-14-22/h3-14H,15H2,1-2H3,(H,25,28)(H,26,29). The van der Waals surface area contributed by atoms with Crippen LogP contribution in [0.5, 0.6) is 5.75 Å². The van der Waals surface area contributed by atoms with E-state index in [-0.39, 0.29) is 16.5 Å². The number of sulfonamides is 1. The summed E-state index contributed by atoms with van der Waals surface area (Å²) in [7, 11) is -2.69. The van der Waals surface area contributed by atoms with Crippen molar-refractivity contribution in [1.82, 2.24) is 0 Å². The number of rotatable bonds is 8. The van der Waals surface area contributed by atoms with Gasteiger partial charge in [-0.25, -0.2) is 12.8 Å². The molecule has 0 atom stereocenters. The third-order valence-electron chi connectivity index (χ3n) is 4.54. The van der Waals surface area contributed by atoms with E-state index in [1.807, 2.05) is 0 Å². The van der Waals surface area contributed by atoms with Crippen LogP contribution in [0, 0.1) is 5.82 Å². The van der Waals surface area contributed by atoms with Crippen LogP contribution in [0.4, 0.5) is 21.5 Å². The normalized spacial score (nSPS) is 10.9. The lowest BCUT2D eigenvalue weighted by Gasteiger charge is -2.24. The van der Waals surface area contributed by atoms with Crippen LogP contribution >= 0.6 is 0 Å². The molecule has 0 heterocycles. The summed E-state index contributed by atoms with van der Waals surface area (Å²) >= 11 is 0. The Morgan fingerprint density at radius 3 is 1.94 bits per heavy atom. The smallest absolute Gasteiger partial charge is 0.264 e. The Balaban J connectivity index is 1.85. The number of hydrogen-bond donors (Lipinski definition) is 2. The summed E-state index contributed by atoms with van der Waals surface area (Å²) in [6.45, 7) is 0.830. The maximum absolute atomic E-state index is 13.4. The number of nitrogens with one attached hydrogen (secondary N) is 2. The van der Waals surface area contributed by atoms with E-state index in [4.69, 9.17) is 4.74 Å². The SMILES string of the molecule is COc1ccc(S(=O)(=O)N(CC(=O)Nc2ccc(NC(C)=O)cc2)c2ccc(F)cc2)cc1. The van der Waals surface area contributed by atoms with Gasteiger partial charge >= 0.3 is 0 Å². The highest BCUT2D eigenvalue weighted by Gasteiger charge is 2.27. The van der Waals surface area contributed by atoms with Gasteiger partial charge in [0, 0.05) is 18.3 Å². The lowest BCUT2D eigenvalue weighted by atomic mass is 10.2. The summed E-state index contributed by atoms with van der Waals surface area (Å²) in [5, 5.41) is 5.24. The molecule has 0 radical (unpaired) electrons. The number of carbonyl (C=O) groups excluding carboxylic acids is 2. The van der Waals surface area contributed by atoms with Crippen LogP contribution in [0.2, 0.25) is 0 Å². The molecule has 0 bridgehead atoms. The van der Waals surface area contributed by atoms with E-state index >= 15 is 0 Å². The van der Waals surface area contributed by atoms with Crippen LogP contribution < -0.4 is 19.7 Å². The highest BCUT2D eigenvalue weighted by molar-refractivity contribution is 7.92. The summed E-state index contributed by atoms with van der Waals surface area (Å²) < 4.78 is 46.0. The third kappa shape index (κ3) is 6.07. The van der Waals surface area contributed by atoms with Gasteiger partial charge in [0.1, 0.15) is 18.1 Å².